The lowest BCUT2D eigenvalue weighted by atomic mass is 10.0. The van der Waals surface area contributed by atoms with Crippen LogP contribution in [0.3, 0.4) is 0 Å². The number of nitrogens with zero attached hydrogens (tertiary/aromatic N) is 3. The molecule has 2 rings (SSSR count). The monoisotopic (exact) mass is 252 g/mol. The summed E-state index contributed by atoms with van der Waals surface area (Å²) >= 11 is 0. The number of nitrogens with one attached hydrogen (secondary N) is 1. The van der Waals surface area contributed by atoms with Crippen LogP contribution in [0.5, 0.6) is 0 Å². The smallest absolute Gasteiger partial charge is 0.226 e. The lowest BCUT2D eigenvalue weighted by Gasteiger charge is -2.34. The summed E-state index contributed by atoms with van der Waals surface area (Å²) in [5.74, 6) is 1.61. The molecule has 1 saturated heterocycles. The van der Waals surface area contributed by atoms with Crippen LogP contribution in [0.4, 0.5) is 0 Å². The third kappa shape index (κ3) is 3.53. The van der Waals surface area contributed by atoms with Gasteiger partial charge in [0.1, 0.15) is 0 Å². The van der Waals surface area contributed by atoms with Crippen LogP contribution in [0.15, 0.2) is 4.52 Å². The Morgan fingerprint density at radius 1 is 1.44 bits per heavy atom. The predicted octanol–water partition coefficient (Wildman–Crippen LogP) is 1.60. The summed E-state index contributed by atoms with van der Waals surface area (Å²) < 4.78 is 5.24. The lowest BCUT2D eigenvalue weighted by molar-refractivity contribution is 0.134. The molecule has 0 radical (unpaired) electrons. The summed E-state index contributed by atoms with van der Waals surface area (Å²) in [4.78, 5) is 6.92. The van der Waals surface area contributed by atoms with Crippen LogP contribution >= 0.6 is 0 Å². The Labute approximate surface area is 109 Å². The van der Waals surface area contributed by atoms with Gasteiger partial charge < -0.3 is 9.84 Å². The largest absolute Gasteiger partial charge is 0.339 e. The molecule has 0 aliphatic carbocycles. The van der Waals surface area contributed by atoms with E-state index < -0.39 is 0 Å². The number of hydrogen-bond donors (Lipinski definition) is 1. The second kappa shape index (κ2) is 6.85. The van der Waals surface area contributed by atoms with Crippen molar-refractivity contribution in [3.63, 3.8) is 0 Å². The van der Waals surface area contributed by atoms with E-state index in [9.17, 15) is 0 Å². The van der Waals surface area contributed by atoms with Gasteiger partial charge in [-0.25, -0.2) is 0 Å². The molecule has 0 saturated carbocycles. The number of hydrogen-bond acceptors (Lipinski definition) is 5. The standard InChI is InChI=1S/C13H24N4O/c1-3-6-13-15-12(16-18-13)10-17-8-5-4-7-11(17)9-14-2/h11,14H,3-10H2,1-2H3. The number of piperidine rings is 1. The van der Waals surface area contributed by atoms with Crippen LogP contribution in [-0.4, -0.2) is 41.2 Å². The number of aromatic nitrogens is 2. The normalized spacial score (nSPS) is 21.3. The first-order chi connectivity index (χ1) is 8.83. The van der Waals surface area contributed by atoms with E-state index in [-0.39, 0.29) is 0 Å². The average Bonchev–Trinajstić information content (AvgIpc) is 2.80. The van der Waals surface area contributed by atoms with Crippen LogP contribution in [0, 0.1) is 0 Å². The van der Waals surface area contributed by atoms with Gasteiger partial charge in [-0.1, -0.05) is 18.5 Å². The van der Waals surface area contributed by atoms with E-state index in [4.69, 9.17) is 4.52 Å². The summed E-state index contributed by atoms with van der Waals surface area (Å²) in [6, 6.07) is 0.608. The van der Waals surface area contributed by atoms with Gasteiger partial charge in [-0.05, 0) is 32.9 Å². The molecular formula is C13H24N4O. The maximum Gasteiger partial charge on any atom is 0.226 e. The topological polar surface area (TPSA) is 54.2 Å². The molecule has 1 atom stereocenters. The van der Waals surface area contributed by atoms with Crippen molar-refractivity contribution in [2.24, 2.45) is 0 Å². The summed E-state index contributed by atoms with van der Waals surface area (Å²) in [5, 5.41) is 7.35. The molecule has 5 nitrogen and oxygen atoms in total. The maximum absolute atomic E-state index is 5.24. The predicted molar refractivity (Wildman–Crippen MR) is 70.3 cm³/mol. The minimum Gasteiger partial charge on any atom is -0.339 e. The van der Waals surface area contributed by atoms with Gasteiger partial charge in [0, 0.05) is 19.0 Å². The Morgan fingerprint density at radius 3 is 3.11 bits per heavy atom. The van der Waals surface area contributed by atoms with Crippen molar-refractivity contribution in [1.82, 2.24) is 20.4 Å². The van der Waals surface area contributed by atoms with Crippen molar-refractivity contribution in [1.29, 1.82) is 0 Å². The fourth-order valence-corrected chi connectivity index (χ4v) is 2.59. The summed E-state index contributed by atoms with van der Waals surface area (Å²) in [7, 11) is 2.01. The van der Waals surface area contributed by atoms with Crippen LogP contribution < -0.4 is 5.32 Å². The van der Waals surface area contributed by atoms with Crippen molar-refractivity contribution in [3.05, 3.63) is 11.7 Å². The van der Waals surface area contributed by atoms with Gasteiger partial charge in [0.2, 0.25) is 5.89 Å². The Hall–Kier alpha value is -0.940. The first-order valence-corrected chi connectivity index (χ1v) is 7.03. The van der Waals surface area contributed by atoms with Crippen molar-refractivity contribution in [2.75, 3.05) is 20.1 Å². The highest BCUT2D eigenvalue weighted by Crippen LogP contribution is 2.18. The van der Waals surface area contributed by atoms with E-state index in [0.29, 0.717) is 6.04 Å². The highest BCUT2D eigenvalue weighted by molar-refractivity contribution is 4.89. The third-order valence-electron chi connectivity index (χ3n) is 3.51. The molecule has 1 aliphatic rings. The van der Waals surface area contributed by atoms with E-state index >= 15 is 0 Å². The molecule has 102 valence electrons. The molecule has 1 aliphatic heterocycles. The molecule has 0 spiro atoms. The van der Waals surface area contributed by atoms with E-state index in [1.807, 2.05) is 7.05 Å². The van der Waals surface area contributed by atoms with Crippen LogP contribution in [0.25, 0.3) is 0 Å². The van der Waals surface area contributed by atoms with Crippen LogP contribution in [0.2, 0.25) is 0 Å². The first kappa shape index (κ1) is 13.5. The van der Waals surface area contributed by atoms with Gasteiger partial charge in [-0.15, -0.1) is 0 Å². The maximum atomic E-state index is 5.24. The van der Waals surface area contributed by atoms with Gasteiger partial charge in [0.15, 0.2) is 5.82 Å². The van der Waals surface area contributed by atoms with Gasteiger partial charge in [0.05, 0.1) is 6.54 Å². The molecule has 5 heteroatoms. The number of aryl methyl sites for hydroxylation is 1. The number of rotatable bonds is 6. The zero-order chi connectivity index (χ0) is 12.8. The average molecular weight is 252 g/mol. The van der Waals surface area contributed by atoms with Crippen LogP contribution in [-0.2, 0) is 13.0 Å². The van der Waals surface area contributed by atoms with E-state index in [0.717, 1.165) is 44.2 Å². The van der Waals surface area contributed by atoms with Gasteiger partial charge in [-0.2, -0.15) is 4.98 Å². The summed E-state index contributed by atoms with van der Waals surface area (Å²) in [6.45, 7) is 5.13. The second-order valence-corrected chi connectivity index (χ2v) is 5.03. The molecule has 2 heterocycles. The molecule has 18 heavy (non-hydrogen) atoms. The minimum atomic E-state index is 0.608. The fourth-order valence-electron chi connectivity index (χ4n) is 2.59. The molecule has 0 aromatic carbocycles. The quantitative estimate of drug-likeness (QED) is 0.833. The van der Waals surface area contributed by atoms with Crippen LogP contribution in [0.1, 0.15) is 44.3 Å². The van der Waals surface area contributed by atoms with Crippen molar-refractivity contribution < 1.29 is 4.52 Å². The molecular weight excluding hydrogens is 228 g/mol. The van der Waals surface area contributed by atoms with Gasteiger partial charge in [0.25, 0.3) is 0 Å². The van der Waals surface area contributed by atoms with E-state index in [1.165, 1.54) is 19.3 Å². The molecule has 1 N–H and O–H groups in total. The second-order valence-electron chi connectivity index (χ2n) is 5.03. The fraction of sp³-hybridized carbons (Fsp3) is 0.846. The highest BCUT2D eigenvalue weighted by atomic mass is 16.5. The zero-order valence-electron chi connectivity index (χ0n) is 11.5. The van der Waals surface area contributed by atoms with E-state index in [1.54, 1.807) is 0 Å². The highest BCUT2D eigenvalue weighted by Gasteiger charge is 2.23. The zero-order valence-corrected chi connectivity index (χ0v) is 11.5. The minimum absolute atomic E-state index is 0.608. The van der Waals surface area contributed by atoms with E-state index in [2.05, 4.69) is 27.3 Å². The molecule has 1 aromatic rings. The molecule has 0 bridgehead atoms. The lowest BCUT2D eigenvalue weighted by Crippen LogP contribution is -2.44. The Balaban J connectivity index is 1.92. The Kier molecular flexibility index (Phi) is 5.13. The van der Waals surface area contributed by atoms with Crippen molar-refractivity contribution in [2.45, 2.75) is 51.6 Å². The first-order valence-electron chi connectivity index (χ1n) is 7.03. The Bertz CT molecular complexity index is 351. The molecule has 0 amide bonds. The number of likely N-dealkylation sites (tertiary alicyclic amines) is 1. The third-order valence-corrected chi connectivity index (χ3v) is 3.51. The summed E-state index contributed by atoms with van der Waals surface area (Å²) in [6.07, 6.45) is 5.80. The van der Waals surface area contributed by atoms with Gasteiger partial charge >= 0.3 is 0 Å². The molecule has 1 unspecified atom stereocenters. The summed E-state index contributed by atoms with van der Waals surface area (Å²) in [5.41, 5.74) is 0. The number of likely N-dealkylation sites (N-methyl/N-ethyl adjacent to an activating group) is 1. The van der Waals surface area contributed by atoms with Crippen molar-refractivity contribution in [3.8, 4) is 0 Å². The molecule has 1 aromatic heterocycles. The molecule has 1 fully saturated rings. The van der Waals surface area contributed by atoms with Gasteiger partial charge in [-0.3, -0.25) is 4.90 Å². The SMILES string of the molecule is CCCc1nc(CN2CCCCC2CNC)no1. The Morgan fingerprint density at radius 2 is 2.33 bits per heavy atom. The van der Waals surface area contributed by atoms with Crippen molar-refractivity contribution >= 4 is 0 Å².